The summed E-state index contributed by atoms with van der Waals surface area (Å²) < 4.78 is 0. The highest BCUT2D eigenvalue weighted by atomic mass is 14.2. The molecule has 10 rings (SSSR count). The van der Waals surface area contributed by atoms with Gasteiger partial charge in [-0.1, -0.05) is 176 Å². The first kappa shape index (κ1) is 28.5. The zero-order chi connectivity index (χ0) is 33.0. The predicted octanol–water partition coefficient (Wildman–Crippen LogP) is 14.1. The second-order valence-corrected chi connectivity index (χ2v) is 13.2. The van der Waals surface area contributed by atoms with Gasteiger partial charge in [0.05, 0.1) is 0 Å². The average Bonchev–Trinajstić information content (AvgIpc) is 3.19. The molecule has 0 bridgehead atoms. The lowest BCUT2D eigenvalue weighted by atomic mass is 9.82. The first-order chi connectivity index (χ1) is 24.8. The highest BCUT2D eigenvalue weighted by molar-refractivity contribution is 6.23. The van der Waals surface area contributed by atoms with Gasteiger partial charge < -0.3 is 0 Å². The summed E-state index contributed by atoms with van der Waals surface area (Å²) in [5.74, 6) is 0. The van der Waals surface area contributed by atoms with Crippen LogP contribution in [0, 0.1) is 0 Å². The summed E-state index contributed by atoms with van der Waals surface area (Å²) in [6.07, 6.45) is 0. The van der Waals surface area contributed by atoms with Gasteiger partial charge in [0.2, 0.25) is 0 Å². The molecule has 0 nitrogen and oxygen atoms in total. The lowest BCUT2D eigenvalue weighted by Gasteiger charge is -2.21. The fourth-order valence-corrected chi connectivity index (χ4v) is 8.15. The quantitative estimate of drug-likeness (QED) is 0.134. The minimum atomic E-state index is 1.21. The lowest BCUT2D eigenvalue weighted by molar-refractivity contribution is 1.61. The molecule has 0 aliphatic carbocycles. The van der Waals surface area contributed by atoms with Crippen molar-refractivity contribution in [1.82, 2.24) is 0 Å². The van der Waals surface area contributed by atoms with E-state index in [9.17, 15) is 0 Å². The van der Waals surface area contributed by atoms with Crippen molar-refractivity contribution in [2.24, 2.45) is 0 Å². The molecule has 0 unspecified atom stereocenters. The van der Waals surface area contributed by atoms with E-state index in [-0.39, 0.29) is 0 Å². The Morgan fingerprint density at radius 1 is 0.200 bits per heavy atom. The first-order valence-corrected chi connectivity index (χ1v) is 17.4. The molecule has 0 spiro atoms. The zero-order valence-corrected chi connectivity index (χ0v) is 27.5. The van der Waals surface area contributed by atoms with Crippen LogP contribution in [0.4, 0.5) is 0 Å². The van der Waals surface area contributed by atoms with Crippen LogP contribution in [0.1, 0.15) is 0 Å². The van der Waals surface area contributed by atoms with Crippen molar-refractivity contribution in [3.63, 3.8) is 0 Å². The van der Waals surface area contributed by atoms with Crippen LogP contribution in [-0.2, 0) is 0 Å². The number of hydrogen-bond acceptors (Lipinski definition) is 0. The lowest BCUT2D eigenvalue weighted by Crippen LogP contribution is -1.94. The molecule has 10 aromatic rings. The van der Waals surface area contributed by atoms with Crippen molar-refractivity contribution < 1.29 is 0 Å². The predicted molar refractivity (Wildman–Crippen MR) is 216 cm³/mol. The Bertz CT molecular complexity index is 2860. The molecule has 0 fully saturated rings. The molecule has 10 aromatic carbocycles. The van der Waals surface area contributed by atoms with Crippen molar-refractivity contribution in [3.05, 3.63) is 194 Å². The van der Waals surface area contributed by atoms with Crippen molar-refractivity contribution in [2.75, 3.05) is 0 Å². The van der Waals surface area contributed by atoms with Crippen LogP contribution in [0.15, 0.2) is 194 Å². The first-order valence-electron chi connectivity index (χ1n) is 17.4. The molecule has 0 N–H and O–H groups in total. The standard InChI is InChI=1S/C50H32/c1-2-15-34(16-3-1)49-43-22-10-12-24-45(43)50(46-25-13-11-23-44(46)49)48-31-37(36-27-26-33-14-4-5-17-35(33)30-36)28-29-42(48)47-32-38-18-6-7-19-39(38)40-20-8-9-21-41(40)47/h1-32H. The molecular formula is C50H32. The van der Waals surface area contributed by atoms with Crippen molar-refractivity contribution in [1.29, 1.82) is 0 Å². The summed E-state index contributed by atoms with van der Waals surface area (Å²) in [6.45, 7) is 0. The van der Waals surface area contributed by atoms with Gasteiger partial charge in [-0.25, -0.2) is 0 Å². The number of hydrogen-bond donors (Lipinski definition) is 0. The van der Waals surface area contributed by atoms with Crippen LogP contribution in [0.25, 0.3) is 98.4 Å². The summed E-state index contributed by atoms with van der Waals surface area (Å²) >= 11 is 0. The molecule has 0 atom stereocenters. The molecule has 0 aromatic heterocycles. The molecule has 0 aliphatic rings. The van der Waals surface area contributed by atoms with Crippen LogP contribution in [0.3, 0.4) is 0 Å². The molecule has 0 radical (unpaired) electrons. The summed E-state index contributed by atoms with van der Waals surface area (Å²) in [5, 5.41) is 12.6. The van der Waals surface area contributed by atoms with Gasteiger partial charge in [0, 0.05) is 0 Å². The molecule has 232 valence electrons. The third-order valence-corrected chi connectivity index (χ3v) is 10.4. The van der Waals surface area contributed by atoms with Gasteiger partial charge in [-0.15, -0.1) is 0 Å². The van der Waals surface area contributed by atoms with Crippen LogP contribution in [0.2, 0.25) is 0 Å². The van der Waals surface area contributed by atoms with Crippen LogP contribution < -0.4 is 0 Å². The summed E-state index contributed by atoms with van der Waals surface area (Å²) in [5.41, 5.74) is 9.93. The molecule has 0 saturated heterocycles. The van der Waals surface area contributed by atoms with E-state index in [1.807, 2.05) is 0 Å². The Kier molecular flexibility index (Phi) is 6.60. The zero-order valence-electron chi connectivity index (χ0n) is 27.5. The monoisotopic (exact) mass is 632 g/mol. The maximum absolute atomic E-state index is 2.44. The van der Waals surface area contributed by atoms with E-state index in [2.05, 4.69) is 194 Å². The SMILES string of the molecule is c1ccc(-c2c3ccccc3c(-c3cc(-c4ccc5ccccc5c4)ccc3-c3cc4ccccc4c4ccccc34)c3ccccc23)cc1. The summed E-state index contributed by atoms with van der Waals surface area (Å²) in [7, 11) is 0. The van der Waals surface area contributed by atoms with Crippen LogP contribution in [0.5, 0.6) is 0 Å². The van der Waals surface area contributed by atoms with Gasteiger partial charge >= 0.3 is 0 Å². The normalized spacial score (nSPS) is 11.6. The van der Waals surface area contributed by atoms with Crippen LogP contribution >= 0.6 is 0 Å². The van der Waals surface area contributed by atoms with Gasteiger partial charge in [0.15, 0.2) is 0 Å². The molecule has 0 aliphatic heterocycles. The molecule has 50 heavy (non-hydrogen) atoms. The van der Waals surface area contributed by atoms with Gasteiger partial charge in [-0.3, -0.25) is 0 Å². The number of fused-ring (bicyclic) bond motifs is 6. The third kappa shape index (κ3) is 4.54. The number of rotatable bonds is 4. The molecule has 0 amide bonds. The van der Waals surface area contributed by atoms with Gasteiger partial charge in [0.25, 0.3) is 0 Å². The summed E-state index contributed by atoms with van der Waals surface area (Å²) in [4.78, 5) is 0. The Morgan fingerprint density at radius 3 is 1.40 bits per heavy atom. The molecule has 0 heteroatoms. The topological polar surface area (TPSA) is 0 Å². The highest BCUT2D eigenvalue weighted by Crippen LogP contribution is 2.48. The average molecular weight is 633 g/mol. The van der Waals surface area contributed by atoms with E-state index < -0.39 is 0 Å². The summed E-state index contributed by atoms with van der Waals surface area (Å²) in [6, 6.07) is 71.5. The Hall–Kier alpha value is -6.50. The van der Waals surface area contributed by atoms with E-state index in [4.69, 9.17) is 0 Å². The van der Waals surface area contributed by atoms with Gasteiger partial charge in [0.1, 0.15) is 0 Å². The van der Waals surface area contributed by atoms with Crippen molar-refractivity contribution >= 4 is 53.9 Å². The fraction of sp³-hybridized carbons (Fsp3) is 0. The van der Waals surface area contributed by atoms with E-state index in [1.165, 1.54) is 98.4 Å². The maximum atomic E-state index is 2.44. The fourth-order valence-electron chi connectivity index (χ4n) is 8.15. The third-order valence-electron chi connectivity index (χ3n) is 10.4. The largest absolute Gasteiger partial charge is 0.0622 e. The highest BCUT2D eigenvalue weighted by Gasteiger charge is 2.21. The van der Waals surface area contributed by atoms with Crippen molar-refractivity contribution in [2.45, 2.75) is 0 Å². The van der Waals surface area contributed by atoms with E-state index in [0.717, 1.165) is 0 Å². The second-order valence-electron chi connectivity index (χ2n) is 13.2. The Labute approximate surface area is 291 Å². The van der Waals surface area contributed by atoms with Crippen molar-refractivity contribution in [3.8, 4) is 44.5 Å². The molecule has 0 saturated carbocycles. The van der Waals surface area contributed by atoms with Gasteiger partial charge in [-0.2, -0.15) is 0 Å². The van der Waals surface area contributed by atoms with Crippen LogP contribution in [-0.4, -0.2) is 0 Å². The molecule has 0 heterocycles. The van der Waals surface area contributed by atoms with Gasteiger partial charge in [-0.05, 0) is 117 Å². The number of benzene rings is 10. The minimum absolute atomic E-state index is 1.21. The second kappa shape index (κ2) is 11.6. The Morgan fingerprint density at radius 2 is 0.700 bits per heavy atom. The minimum Gasteiger partial charge on any atom is -0.0622 e. The van der Waals surface area contributed by atoms with E-state index in [1.54, 1.807) is 0 Å². The Balaban J connectivity index is 1.35. The van der Waals surface area contributed by atoms with E-state index in [0.29, 0.717) is 0 Å². The smallest absolute Gasteiger partial charge is 0.00199 e. The molecular weight excluding hydrogens is 601 g/mol. The van der Waals surface area contributed by atoms with E-state index >= 15 is 0 Å². The maximum Gasteiger partial charge on any atom is -0.00199 e.